The zero-order valence-corrected chi connectivity index (χ0v) is 15.8. The van der Waals surface area contributed by atoms with E-state index in [-0.39, 0.29) is 0 Å². The van der Waals surface area contributed by atoms with Gasteiger partial charge in [-0.25, -0.2) is 9.48 Å². The monoisotopic (exact) mass is 418 g/mol. The molecular weight excluding hydrogens is 404 g/mol. The van der Waals surface area contributed by atoms with Crippen LogP contribution in [-0.4, -0.2) is 15.7 Å². The van der Waals surface area contributed by atoms with E-state index in [1.165, 1.54) is 0 Å². The van der Waals surface area contributed by atoms with Gasteiger partial charge in [-0.1, -0.05) is 70.5 Å². The zero-order valence-electron chi connectivity index (χ0n) is 14.2. The van der Waals surface area contributed by atoms with Crippen LogP contribution in [0.25, 0.3) is 16.9 Å². The summed E-state index contributed by atoms with van der Waals surface area (Å²) >= 11 is 3.38. The number of rotatable bonds is 4. The van der Waals surface area contributed by atoms with Crippen LogP contribution in [0.3, 0.4) is 0 Å². The Morgan fingerprint density at radius 3 is 2.26 bits per heavy atom. The molecule has 0 radical (unpaired) electrons. The lowest BCUT2D eigenvalue weighted by molar-refractivity contribution is 0.0723. The van der Waals surface area contributed by atoms with Crippen LogP contribution in [0, 0.1) is 0 Å². The fourth-order valence-electron chi connectivity index (χ4n) is 2.71. The van der Waals surface area contributed by atoms with Gasteiger partial charge in [0.2, 0.25) is 5.88 Å². The summed E-state index contributed by atoms with van der Waals surface area (Å²) in [6.07, 6.45) is 0. The molecule has 0 saturated carbocycles. The molecule has 1 heterocycles. The normalized spacial score (nSPS) is 10.6. The molecule has 0 aliphatic heterocycles. The molecular formula is C22H15BrN2O2. The zero-order chi connectivity index (χ0) is 18.6. The maximum atomic E-state index is 12.6. The highest BCUT2D eigenvalue weighted by Gasteiger charge is 2.17. The second kappa shape index (κ2) is 7.60. The fourth-order valence-corrected chi connectivity index (χ4v) is 3.11. The summed E-state index contributed by atoms with van der Waals surface area (Å²) in [5, 5.41) is 4.65. The maximum Gasteiger partial charge on any atom is 0.344 e. The molecule has 0 saturated heterocycles. The number of ether oxygens (including phenoxy) is 1. The standard InChI is InChI=1S/C22H15BrN2O2/c23-18-11-7-10-17(14-18)22(26)27-21-15-20(16-8-3-1-4-9-16)24-25(21)19-12-5-2-6-13-19/h1-15H. The third-order valence-corrected chi connectivity index (χ3v) is 4.50. The molecule has 0 atom stereocenters. The van der Waals surface area contributed by atoms with Crippen LogP contribution in [-0.2, 0) is 0 Å². The fraction of sp³-hybridized carbons (Fsp3) is 0. The van der Waals surface area contributed by atoms with Gasteiger partial charge in [0.25, 0.3) is 0 Å². The number of halogens is 1. The van der Waals surface area contributed by atoms with Gasteiger partial charge in [-0.3, -0.25) is 0 Å². The van der Waals surface area contributed by atoms with Crippen LogP contribution >= 0.6 is 15.9 Å². The van der Waals surface area contributed by atoms with Gasteiger partial charge in [0.05, 0.1) is 16.9 Å². The molecule has 4 nitrogen and oxygen atoms in total. The molecule has 5 heteroatoms. The Morgan fingerprint density at radius 1 is 0.852 bits per heavy atom. The average Bonchev–Trinajstić information content (AvgIpc) is 3.13. The van der Waals surface area contributed by atoms with E-state index in [1.807, 2.05) is 66.7 Å². The van der Waals surface area contributed by atoms with Crippen molar-refractivity contribution in [1.82, 2.24) is 9.78 Å². The predicted molar refractivity (Wildman–Crippen MR) is 108 cm³/mol. The molecule has 4 rings (SSSR count). The van der Waals surface area contributed by atoms with Crippen molar-refractivity contribution in [2.75, 3.05) is 0 Å². The molecule has 4 aromatic rings. The molecule has 1 aromatic heterocycles. The summed E-state index contributed by atoms with van der Waals surface area (Å²) < 4.78 is 8.14. The van der Waals surface area contributed by atoms with E-state index < -0.39 is 5.97 Å². The molecule has 0 aliphatic rings. The predicted octanol–water partition coefficient (Wildman–Crippen LogP) is 5.52. The number of para-hydroxylation sites is 1. The van der Waals surface area contributed by atoms with Crippen molar-refractivity contribution in [1.29, 1.82) is 0 Å². The molecule has 0 unspecified atom stereocenters. The minimum absolute atomic E-state index is 0.366. The van der Waals surface area contributed by atoms with Gasteiger partial charge in [0.15, 0.2) is 0 Å². The Kier molecular flexibility index (Phi) is 4.85. The Labute approximate surface area is 165 Å². The maximum absolute atomic E-state index is 12.6. The van der Waals surface area contributed by atoms with Crippen LogP contribution in [0.15, 0.2) is 95.5 Å². The van der Waals surface area contributed by atoms with Crippen molar-refractivity contribution in [2.45, 2.75) is 0 Å². The smallest absolute Gasteiger partial charge is 0.344 e. The van der Waals surface area contributed by atoms with Crippen molar-refractivity contribution in [3.63, 3.8) is 0 Å². The van der Waals surface area contributed by atoms with E-state index in [2.05, 4.69) is 21.0 Å². The van der Waals surface area contributed by atoms with Gasteiger partial charge in [-0.15, -0.1) is 0 Å². The Bertz CT molecular complexity index is 1080. The summed E-state index contributed by atoms with van der Waals surface area (Å²) in [6, 6.07) is 28.3. The van der Waals surface area contributed by atoms with E-state index in [1.54, 1.807) is 28.9 Å². The molecule has 0 fully saturated rings. The van der Waals surface area contributed by atoms with Crippen LogP contribution in [0.1, 0.15) is 10.4 Å². The molecule has 0 aliphatic carbocycles. The first-order valence-electron chi connectivity index (χ1n) is 8.39. The summed E-state index contributed by atoms with van der Waals surface area (Å²) in [5.74, 6) is -0.0713. The van der Waals surface area contributed by atoms with Gasteiger partial charge in [0, 0.05) is 16.1 Å². The Morgan fingerprint density at radius 2 is 1.56 bits per heavy atom. The number of hydrogen-bond acceptors (Lipinski definition) is 3. The van der Waals surface area contributed by atoms with Gasteiger partial charge < -0.3 is 4.74 Å². The molecule has 0 amide bonds. The topological polar surface area (TPSA) is 44.1 Å². The third-order valence-electron chi connectivity index (χ3n) is 4.00. The van der Waals surface area contributed by atoms with Gasteiger partial charge in [-0.05, 0) is 30.3 Å². The van der Waals surface area contributed by atoms with E-state index in [0.29, 0.717) is 11.4 Å². The van der Waals surface area contributed by atoms with Gasteiger partial charge >= 0.3 is 5.97 Å². The van der Waals surface area contributed by atoms with Gasteiger partial charge in [-0.2, -0.15) is 5.10 Å². The first kappa shape index (κ1) is 17.2. The largest absolute Gasteiger partial charge is 0.404 e. The van der Waals surface area contributed by atoms with Crippen molar-refractivity contribution in [2.24, 2.45) is 0 Å². The van der Waals surface area contributed by atoms with E-state index in [4.69, 9.17) is 4.74 Å². The highest BCUT2D eigenvalue weighted by Crippen LogP contribution is 2.27. The van der Waals surface area contributed by atoms with Crippen molar-refractivity contribution in [3.05, 3.63) is 101 Å². The lowest BCUT2D eigenvalue weighted by Crippen LogP contribution is -2.11. The molecule has 3 aromatic carbocycles. The quantitative estimate of drug-likeness (QED) is 0.409. The summed E-state index contributed by atoms with van der Waals surface area (Å²) in [6.45, 7) is 0. The van der Waals surface area contributed by atoms with Crippen molar-refractivity contribution in [3.8, 4) is 22.8 Å². The van der Waals surface area contributed by atoms with Crippen LogP contribution < -0.4 is 4.74 Å². The van der Waals surface area contributed by atoms with Crippen LogP contribution in [0.4, 0.5) is 0 Å². The Balaban J connectivity index is 1.74. The molecule has 132 valence electrons. The lowest BCUT2D eigenvalue weighted by atomic mass is 10.2. The Hall–Kier alpha value is -3.18. The highest BCUT2D eigenvalue weighted by atomic mass is 79.9. The second-order valence-corrected chi connectivity index (χ2v) is 6.80. The van der Waals surface area contributed by atoms with Gasteiger partial charge in [0.1, 0.15) is 0 Å². The molecule has 0 N–H and O–H groups in total. The number of aromatic nitrogens is 2. The number of benzene rings is 3. The number of hydrogen-bond donors (Lipinski definition) is 0. The second-order valence-electron chi connectivity index (χ2n) is 5.88. The van der Waals surface area contributed by atoms with E-state index >= 15 is 0 Å². The first-order valence-corrected chi connectivity index (χ1v) is 9.19. The van der Waals surface area contributed by atoms with E-state index in [0.717, 1.165) is 21.4 Å². The third kappa shape index (κ3) is 3.83. The first-order chi connectivity index (χ1) is 13.2. The summed E-state index contributed by atoms with van der Waals surface area (Å²) in [7, 11) is 0. The summed E-state index contributed by atoms with van der Waals surface area (Å²) in [4.78, 5) is 12.6. The van der Waals surface area contributed by atoms with Crippen LogP contribution in [0.2, 0.25) is 0 Å². The van der Waals surface area contributed by atoms with E-state index in [9.17, 15) is 4.79 Å². The minimum Gasteiger partial charge on any atom is -0.404 e. The SMILES string of the molecule is O=C(Oc1cc(-c2ccccc2)nn1-c1ccccc1)c1cccc(Br)c1. The minimum atomic E-state index is -0.437. The number of nitrogens with zero attached hydrogens (tertiary/aromatic N) is 2. The van der Waals surface area contributed by atoms with Crippen LogP contribution in [0.5, 0.6) is 5.88 Å². The molecule has 0 spiro atoms. The molecule has 0 bridgehead atoms. The summed E-state index contributed by atoms with van der Waals surface area (Å²) in [5.41, 5.74) is 2.96. The number of carbonyl (C=O) groups excluding carboxylic acids is 1. The highest BCUT2D eigenvalue weighted by molar-refractivity contribution is 9.10. The lowest BCUT2D eigenvalue weighted by Gasteiger charge is -2.08. The van der Waals surface area contributed by atoms with Crippen molar-refractivity contribution >= 4 is 21.9 Å². The molecule has 27 heavy (non-hydrogen) atoms. The van der Waals surface area contributed by atoms with Crippen molar-refractivity contribution < 1.29 is 9.53 Å². The number of carbonyl (C=O) groups is 1. The number of esters is 1. The average molecular weight is 419 g/mol.